The van der Waals surface area contributed by atoms with Crippen molar-refractivity contribution < 1.29 is 17.5 Å². The molecule has 0 spiro atoms. The molecule has 0 saturated carbocycles. The molecule has 2 rings (SSSR count). The molecule has 4 nitrogen and oxygen atoms in total. The molecule has 0 heterocycles. The lowest BCUT2D eigenvalue weighted by molar-refractivity contribution is 0.331. The number of ether oxygens (including phenoxy) is 1. The first-order valence-corrected chi connectivity index (χ1v) is 8.89. The van der Waals surface area contributed by atoms with Gasteiger partial charge in [-0.05, 0) is 43.3 Å². The average molecular weight is 409 g/mol. The third kappa shape index (κ3) is 3.91. The van der Waals surface area contributed by atoms with Crippen LogP contribution in [0.2, 0.25) is 5.02 Å². The van der Waals surface area contributed by atoms with E-state index in [2.05, 4.69) is 20.7 Å². The summed E-state index contributed by atoms with van der Waals surface area (Å²) in [5.74, 6) is -0.395. The zero-order valence-corrected chi connectivity index (χ0v) is 14.6. The fourth-order valence-corrected chi connectivity index (χ4v) is 3.65. The minimum atomic E-state index is -3.90. The second-order valence-corrected chi connectivity index (χ2v) is 7.23. The molecular formula is C14H12BrClFNO3S. The van der Waals surface area contributed by atoms with E-state index in [0.717, 1.165) is 6.07 Å². The minimum absolute atomic E-state index is 0.0239. The largest absolute Gasteiger partial charge is 0.492 e. The number of hydrogen-bond acceptors (Lipinski definition) is 3. The van der Waals surface area contributed by atoms with Crippen LogP contribution in [0.1, 0.15) is 6.92 Å². The first-order chi connectivity index (χ1) is 10.3. The third-order valence-corrected chi connectivity index (χ3v) is 4.85. The molecule has 118 valence electrons. The fraction of sp³-hybridized carbons (Fsp3) is 0.143. The smallest absolute Gasteiger partial charge is 0.265 e. The first-order valence-electron chi connectivity index (χ1n) is 6.23. The van der Waals surface area contributed by atoms with Crippen molar-refractivity contribution in [3.05, 3.63) is 51.7 Å². The second-order valence-electron chi connectivity index (χ2n) is 4.26. The Bertz CT molecular complexity index is 799. The maximum atomic E-state index is 13.1. The monoisotopic (exact) mass is 407 g/mol. The van der Waals surface area contributed by atoms with E-state index in [1.807, 2.05) is 0 Å². The highest BCUT2D eigenvalue weighted by Gasteiger charge is 2.20. The van der Waals surface area contributed by atoms with Crippen LogP contribution in [0.5, 0.6) is 5.75 Å². The minimum Gasteiger partial charge on any atom is -0.492 e. The summed E-state index contributed by atoms with van der Waals surface area (Å²) < 4.78 is 46.4. The van der Waals surface area contributed by atoms with E-state index in [4.69, 9.17) is 16.3 Å². The van der Waals surface area contributed by atoms with Crippen molar-refractivity contribution in [1.29, 1.82) is 0 Å². The van der Waals surface area contributed by atoms with Gasteiger partial charge in [0.1, 0.15) is 16.5 Å². The van der Waals surface area contributed by atoms with E-state index >= 15 is 0 Å². The molecule has 0 aliphatic carbocycles. The van der Waals surface area contributed by atoms with Crippen LogP contribution in [0.3, 0.4) is 0 Å². The molecule has 0 amide bonds. The van der Waals surface area contributed by atoms with Crippen LogP contribution in [0.25, 0.3) is 0 Å². The molecule has 0 unspecified atom stereocenters. The molecule has 22 heavy (non-hydrogen) atoms. The number of halogens is 3. The zero-order valence-electron chi connectivity index (χ0n) is 11.4. The molecule has 0 aliphatic rings. The Kier molecular flexibility index (Phi) is 5.31. The van der Waals surface area contributed by atoms with Crippen molar-refractivity contribution >= 4 is 43.2 Å². The molecule has 0 aliphatic heterocycles. The summed E-state index contributed by atoms with van der Waals surface area (Å²) in [5, 5.41) is -0.167. The lowest BCUT2D eigenvalue weighted by Crippen LogP contribution is -2.14. The van der Waals surface area contributed by atoms with E-state index in [-0.39, 0.29) is 21.4 Å². The maximum absolute atomic E-state index is 13.1. The van der Waals surface area contributed by atoms with Gasteiger partial charge in [-0.25, -0.2) is 12.8 Å². The van der Waals surface area contributed by atoms with Crippen molar-refractivity contribution in [1.82, 2.24) is 0 Å². The number of nitrogens with one attached hydrogen (secondary N) is 1. The van der Waals surface area contributed by atoms with Crippen LogP contribution >= 0.6 is 27.5 Å². The lowest BCUT2D eigenvalue weighted by Gasteiger charge is -2.13. The quantitative estimate of drug-likeness (QED) is 0.795. The fourth-order valence-electron chi connectivity index (χ4n) is 1.74. The van der Waals surface area contributed by atoms with Crippen molar-refractivity contribution in [3.8, 4) is 5.75 Å². The Morgan fingerprint density at radius 3 is 2.64 bits per heavy atom. The van der Waals surface area contributed by atoms with Gasteiger partial charge in [0, 0.05) is 4.47 Å². The Hall–Kier alpha value is -1.31. The van der Waals surface area contributed by atoms with E-state index in [9.17, 15) is 12.8 Å². The summed E-state index contributed by atoms with van der Waals surface area (Å²) in [7, 11) is -3.90. The normalized spacial score (nSPS) is 11.3. The Morgan fingerprint density at radius 1 is 1.27 bits per heavy atom. The van der Waals surface area contributed by atoms with Gasteiger partial charge < -0.3 is 4.74 Å². The van der Waals surface area contributed by atoms with Gasteiger partial charge >= 0.3 is 0 Å². The number of hydrogen-bond donors (Lipinski definition) is 1. The average Bonchev–Trinajstić information content (AvgIpc) is 2.45. The SMILES string of the molecule is CCOc1ccc(Br)cc1S(=O)(=O)Nc1ccc(F)c(Cl)c1. The molecule has 0 atom stereocenters. The van der Waals surface area contributed by atoms with E-state index in [0.29, 0.717) is 11.1 Å². The van der Waals surface area contributed by atoms with Gasteiger partial charge in [-0.1, -0.05) is 27.5 Å². The zero-order chi connectivity index (χ0) is 16.3. The Labute approximate surface area is 141 Å². The van der Waals surface area contributed by atoms with Crippen LogP contribution in [-0.4, -0.2) is 15.0 Å². The number of sulfonamides is 1. The van der Waals surface area contributed by atoms with Crippen LogP contribution in [0.15, 0.2) is 45.8 Å². The van der Waals surface area contributed by atoms with E-state index in [1.54, 1.807) is 19.1 Å². The van der Waals surface area contributed by atoms with Gasteiger partial charge in [0.2, 0.25) is 0 Å². The van der Waals surface area contributed by atoms with Crippen molar-refractivity contribution in [2.45, 2.75) is 11.8 Å². The van der Waals surface area contributed by atoms with Gasteiger partial charge in [-0.3, -0.25) is 4.72 Å². The van der Waals surface area contributed by atoms with Gasteiger partial charge in [-0.2, -0.15) is 0 Å². The summed E-state index contributed by atoms with van der Waals surface area (Å²) in [6, 6.07) is 8.24. The molecule has 2 aromatic rings. The molecule has 0 fully saturated rings. The predicted octanol–water partition coefficient (Wildman–Crippen LogP) is 4.44. The van der Waals surface area contributed by atoms with E-state index < -0.39 is 15.8 Å². The summed E-state index contributed by atoms with van der Waals surface area (Å²) in [6.07, 6.45) is 0. The van der Waals surface area contributed by atoms with Gasteiger partial charge in [0.15, 0.2) is 0 Å². The molecule has 0 radical (unpaired) electrons. The van der Waals surface area contributed by atoms with Gasteiger partial charge in [0.25, 0.3) is 10.0 Å². The summed E-state index contributed by atoms with van der Waals surface area (Å²) in [5.41, 5.74) is 0.161. The highest BCUT2D eigenvalue weighted by molar-refractivity contribution is 9.10. The van der Waals surface area contributed by atoms with Crippen LogP contribution < -0.4 is 9.46 Å². The summed E-state index contributed by atoms with van der Waals surface area (Å²) in [6.45, 7) is 2.08. The molecule has 2 aromatic carbocycles. The topological polar surface area (TPSA) is 55.4 Å². The van der Waals surface area contributed by atoms with Gasteiger partial charge in [-0.15, -0.1) is 0 Å². The number of rotatable bonds is 5. The summed E-state index contributed by atoms with van der Waals surface area (Å²) >= 11 is 8.88. The lowest BCUT2D eigenvalue weighted by atomic mass is 10.3. The molecule has 0 bridgehead atoms. The van der Waals surface area contributed by atoms with Crippen LogP contribution in [-0.2, 0) is 10.0 Å². The van der Waals surface area contributed by atoms with Crippen LogP contribution in [0, 0.1) is 5.82 Å². The van der Waals surface area contributed by atoms with Crippen molar-refractivity contribution in [3.63, 3.8) is 0 Å². The van der Waals surface area contributed by atoms with Crippen molar-refractivity contribution in [2.75, 3.05) is 11.3 Å². The van der Waals surface area contributed by atoms with E-state index in [1.165, 1.54) is 18.2 Å². The Balaban J connectivity index is 2.41. The number of anilines is 1. The molecule has 1 N–H and O–H groups in total. The van der Waals surface area contributed by atoms with Crippen LogP contribution in [0.4, 0.5) is 10.1 Å². The predicted molar refractivity (Wildman–Crippen MR) is 87.5 cm³/mol. The highest BCUT2D eigenvalue weighted by atomic mass is 79.9. The molecule has 0 saturated heterocycles. The number of benzene rings is 2. The Morgan fingerprint density at radius 2 is 2.00 bits per heavy atom. The molecule has 0 aromatic heterocycles. The molecule has 8 heteroatoms. The molecular weight excluding hydrogens is 397 g/mol. The van der Waals surface area contributed by atoms with Gasteiger partial charge in [0.05, 0.1) is 17.3 Å². The van der Waals surface area contributed by atoms with Crippen molar-refractivity contribution in [2.24, 2.45) is 0 Å². The third-order valence-electron chi connectivity index (χ3n) is 2.67. The first kappa shape index (κ1) is 17.1. The summed E-state index contributed by atoms with van der Waals surface area (Å²) in [4.78, 5) is -0.0239. The highest BCUT2D eigenvalue weighted by Crippen LogP contribution is 2.30. The maximum Gasteiger partial charge on any atom is 0.265 e. The standard InChI is InChI=1S/C14H12BrClFNO3S/c1-2-21-13-6-3-9(15)7-14(13)22(19,20)18-10-4-5-12(17)11(16)8-10/h3-8,18H,2H2,1H3. The second kappa shape index (κ2) is 6.85.